The maximum atomic E-state index is 8.41. The Bertz CT molecular complexity index is 373. The summed E-state index contributed by atoms with van der Waals surface area (Å²) in [6.45, 7) is 3.89. The highest BCUT2D eigenvalue weighted by atomic mass is 16.4. The molecule has 0 saturated heterocycles. The number of imidazole rings is 1. The highest BCUT2D eigenvalue weighted by Crippen LogP contribution is 2.10. The van der Waals surface area contributed by atoms with E-state index >= 15 is 0 Å². The van der Waals surface area contributed by atoms with Gasteiger partial charge in [-0.1, -0.05) is 5.16 Å². The molecule has 0 unspecified atom stereocenters. The third-order valence-electron chi connectivity index (χ3n) is 2.86. The molecule has 16 heavy (non-hydrogen) atoms. The molecule has 0 aromatic carbocycles. The second kappa shape index (κ2) is 4.98. The average Bonchev–Trinajstić information content (AvgIpc) is 2.76. The van der Waals surface area contributed by atoms with Gasteiger partial charge in [0.05, 0.1) is 6.54 Å². The molecule has 6 heteroatoms. The molecule has 0 saturated carbocycles. The van der Waals surface area contributed by atoms with Crippen molar-refractivity contribution < 1.29 is 5.21 Å². The van der Waals surface area contributed by atoms with Crippen LogP contribution in [0.3, 0.4) is 0 Å². The zero-order valence-corrected chi connectivity index (χ0v) is 9.21. The molecule has 0 bridgehead atoms. The van der Waals surface area contributed by atoms with Crippen molar-refractivity contribution in [3.8, 4) is 0 Å². The number of fused-ring (bicyclic) bond motifs is 1. The van der Waals surface area contributed by atoms with Crippen LogP contribution >= 0.6 is 0 Å². The second-order valence-electron chi connectivity index (χ2n) is 4.01. The van der Waals surface area contributed by atoms with Crippen LogP contribution in [0.15, 0.2) is 17.5 Å². The summed E-state index contributed by atoms with van der Waals surface area (Å²) in [6.07, 6.45) is 5.41. The van der Waals surface area contributed by atoms with Crippen LogP contribution in [-0.4, -0.2) is 38.6 Å². The van der Waals surface area contributed by atoms with Crippen LogP contribution in [-0.2, 0) is 13.1 Å². The summed E-state index contributed by atoms with van der Waals surface area (Å²) in [7, 11) is 0. The molecule has 1 aliphatic heterocycles. The monoisotopic (exact) mass is 223 g/mol. The van der Waals surface area contributed by atoms with Crippen molar-refractivity contribution in [2.75, 3.05) is 13.1 Å². The standard InChI is InChI=1S/C10H17N5O/c11-9(13-16)2-1-4-14-6-7-15-5-3-12-10(15)8-14/h3,5,16H,1-2,4,6-8H2,(H2,11,13). The van der Waals surface area contributed by atoms with E-state index in [9.17, 15) is 0 Å². The van der Waals surface area contributed by atoms with Crippen molar-refractivity contribution in [3.05, 3.63) is 18.2 Å². The summed E-state index contributed by atoms with van der Waals surface area (Å²) in [5.41, 5.74) is 5.41. The first-order valence-corrected chi connectivity index (χ1v) is 5.48. The fraction of sp³-hybridized carbons (Fsp3) is 0.600. The summed E-state index contributed by atoms with van der Waals surface area (Å²) >= 11 is 0. The van der Waals surface area contributed by atoms with Gasteiger partial charge in [0.15, 0.2) is 0 Å². The lowest BCUT2D eigenvalue weighted by Gasteiger charge is -2.27. The van der Waals surface area contributed by atoms with Gasteiger partial charge in [-0.3, -0.25) is 4.90 Å². The molecule has 88 valence electrons. The van der Waals surface area contributed by atoms with E-state index in [4.69, 9.17) is 10.9 Å². The van der Waals surface area contributed by atoms with Gasteiger partial charge in [-0.2, -0.15) is 0 Å². The van der Waals surface area contributed by atoms with Crippen molar-refractivity contribution in [3.63, 3.8) is 0 Å². The Morgan fingerprint density at radius 1 is 1.56 bits per heavy atom. The molecular weight excluding hydrogens is 206 g/mol. The molecule has 0 fully saturated rings. The second-order valence-corrected chi connectivity index (χ2v) is 4.01. The molecule has 2 rings (SSSR count). The van der Waals surface area contributed by atoms with E-state index < -0.39 is 0 Å². The van der Waals surface area contributed by atoms with Gasteiger partial charge < -0.3 is 15.5 Å². The number of nitrogens with two attached hydrogens (primary N) is 1. The van der Waals surface area contributed by atoms with Crippen molar-refractivity contribution in [1.29, 1.82) is 0 Å². The third-order valence-corrected chi connectivity index (χ3v) is 2.86. The molecule has 0 spiro atoms. The van der Waals surface area contributed by atoms with Crippen LogP contribution in [0.1, 0.15) is 18.7 Å². The van der Waals surface area contributed by atoms with Gasteiger partial charge in [-0.15, -0.1) is 0 Å². The van der Waals surface area contributed by atoms with E-state index in [0.29, 0.717) is 12.3 Å². The highest BCUT2D eigenvalue weighted by molar-refractivity contribution is 5.79. The van der Waals surface area contributed by atoms with Crippen LogP contribution in [0.2, 0.25) is 0 Å². The minimum absolute atomic E-state index is 0.304. The summed E-state index contributed by atoms with van der Waals surface area (Å²) < 4.78 is 2.18. The molecule has 3 N–H and O–H groups in total. The predicted octanol–water partition coefficient (Wildman–Crippen LogP) is 0.225. The molecule has 1 aliphatic rings. The van der Waals surface area contributed by atoms with Crippen molar-refractivity contribution >= 4 is 5.84 Å². The van der Waals surface area contributed by atoms with E-state index in [2.05, 4.69) is 19.6 Å². The number of hydrogen-bond acceptors (Lipinski definition) is 4. The Morgan fingerprint density at radius 3 is 3.25 bits per heavy atom. The molecule has 1 aromatic rings. The number of rotatable bonds is 4. The first-order chi connectivity index (χ1) is 7.79. The Balaban J connectivity index is 1.77. The van der Waals surface area contributed by atoms with E-state index in [-0.39, 0.29) is 0 Å². The lowest BCUT2D eigenvalue weighted by molar-refractivity contribution is 0.215. The van der Waals surface area contributed by atoms with Gasteiger partial charge in [0.1, 0.15) is 11.7 Å². The number of oxime groups is 1. The van der Waals surface area contributed by atoms with Gasteiger partial charge in [0, 0.05) is 31.9 Å². The lowest BCUT2D eigenvalue weighted by Crippen LogP contribution is -2.34. The normalized spacial score (nSPS) is 17.4. The molecule has 2 heterocycles. The van der Waals surface area contributed by atoms with Crippen molar-refractivity contribution in [2.45, 2.75) is 25.9 Å². The van der Waals surface area contributed by atoms with Gasteiger partial charge in [0.25, 0.3) is 0 Å². The lowest BCUT2D eigenvalue weighted by atomic mass is 10.2. The van der Waals surface area contributed by atoms with Crippen LogP contribution in [0.4, 0.5) is 0 Å². The molecule has 0 amide bonds. The molecule has 1 aromatic heterocycles. The van der Waals surface area contributed by atoms with Crippen LogP contribution in [0.25, 0.3) is 0 Å². The quantitative estimate of drug-likeness (QED) is 0.331. The predicted molar refractivity (Wildman–Crippen MR) is 60.1 cm³/mol. The number of hydrogen-bond donors (Lipinski definition) is 2. The van der Waals surface area contributed by atoms with Gasteiger partial charge >= 0.3 is 0 Å². The minimum atomic E-state index is 0.304. The largest absolute Gasteiger partial charge is 0.409 e. The topological polar surface area (TPSA) is 79.7 Å². The SMILES string of the molecule is NC(CCCN1CCn2ccnc2C1)=NO. The summed E-state index contributed by atoms with van der Waals surface area (Å²) in [5.74, 6) is 1.42. The fourth-order valence-electron chi connectivity index (χ4n) is 1.95. The number of aromatic nitrogens is 2. The highest BCUT2D eigenvalue weighted by Gasteiger charge is 2.15. The first kappa shape index (κ1) is 10.9. The summed E-state index contributed by atoms with van der Waals surface area (Å²) in [5, 5.41) is 11.4. The van der Waals surface area contributed by atoms with Crippen LogP contribution < -0.4 is 5.73 Å². The average molecular weight is 223 g/mol. The van der Waals surface area contributed by atoms with Crippen LogP contribution in [0, 0.1) is 0 Å². The van der Waals surface area contributed by atoms with Crippen LogP contribution in [0.5, 0.6) is 0 Å². The molecule has 6 nitrogen and oxygen atoms in total. The fourth-order valence-corrected chi connectivity index (χ4v) is 1.95. The molecular formula is C10H17N5O. The number of amidine groups is 1. The Labute approximate surface area is 94.4 Å². The van der Waals surface area contributed by atoms with E-state index in [1.807, 2.05) is 12.4 Å². The number of nitrogens with zero attached hydrogens (tertiary/aromatic N) is 4. The first-order valence-electron chi connectivity index (χ1n) is 5.48. The summed E-state index contributed by atoms with van der Waals surface area (Å²) in [6, 6.07) is 0. The van der Waals surface area contributed by atoms with E-state index in [0.717, 1.165) is 38.4 Å². The van der Waals surface area contributed by atoms with E-state index in [1.165, 1.54) is 0 Å². The zero-order chi connectivity index (χ0) is 11.4. The maximum Gasteiger partial charge on any atom is 0.139 e. The Morgan fingerprint density at radius 2 is 2.44 bits per heavy atom. The Kier molecular flexibility index (Phi) is 3.40. The summed E-state index contributed by atoms with van der Waals surface area (Å²) in [4.78, 5) is 6.64. The minimum Gasteiger partial charge on any atom is -0.409 e. The van der Waals surface area contributed by atoms with E-state index in [1.54, 1.807) is 0 Å². The smallest absolute Gasteiger partial charge is 0.139 e. The van der Waals surface area contributed by atoms with Crippen molar-refractivity contribution in [1.82, 2.24) is 14.5 Å². The van der Waals surface area contributed by atoms with Gasteiger partial charge in [0.2, 0.25) is 0 Å². The van der Waals surface area contributed by atoms with Gasteiger partial charge in [-0.25, -0.2) is 4.98 Å². The third kappa shape index (κ3) is 2.52. The molecule has 0 atom stereocenters. The van der Waals surface area contributed by atoms with Crippen molar-refractivity contribution in [2.24, 2.45) is 10.9 Å². The molecule has 0 radical (unpaired) electrons. The zero-order valence-electron chi connectivity index (χ0n) is 9.21. The Hall–Kier alpha value is -1.56. The maximum absolute atomic E-state index is 8.41. The molecule has 0 aliphatic carbocycles. The van der Waals surface area contributed by atoms with Gasteiger partial charge in [-0.05, 0) is 13.0 Å².